The maximum Gasteiger partial charge on any atom is 0.255 e. The molecule has 0 atom stereocenters. The summed E-state index contributed by atoms with van der Waals surface area (Å²) in [6.07, 6.45) is 3.27. The summed E-state index contributed by atoms with van der Waals surface area (Å²) in [6, 6.07) is 9.07. The number of piperazine rings is 1. The van der Waals surface area contributed by atoms with Crippen LogP contribution in [0.4, 0.5) is 5.69 Å². The fourth-order valence-corrected chi connectivity index (χ4v) is 3.08. The highest BCUT2D eigenvalue weighted by Gasteiger charge is 2.22. The van der Waals surface area contributed by atoms with Crippen LogP contribution in [0.1, 0.15) is 10.4 Å². The van der Waals surface area contributed by atoms with E-state index in [0.29, 0.717) is 28.7 Å². The molecule has 3 rings (SSSR count). The lowest BCUT2D eigenvalue weighted by Crippen LogP contribution is -2.48. The highest BCUT2D eigenvalue weighted by molar-refractivity contribution is 6.35. The first kappa shape index (κ1) is 15.1. The molecule has 0 bridgehead atoms. The standard InChI is InChI=1S/C16H15Cl2N3O/c17-13-8-14(18)10-15(9-13)20-4-6-21(7-5-20)16(22)12-2-1-3-19-11-12/h1-3,8-11H,4-7H2. The Hall–Kier alpha value is -1.78. The third-order valence-electron chi connectivity index (χ3n) is 3.69. The predicted octanol–water partition coefficient (Wildman–Crippen LogP) is 3.35. The van der Waals surface area contributed by atoms with Crippen molar-refractivity contribution in [2.75, 3.05) is 31.1 Å². The van der Waals surface area contributed by atoms with Crippen molar-refractivity contribution in [3.8, 4) is 0 Å². The topological polar surface area (TPSA) is 36.4 Å². The summed E-state index contributed by atoms with van der Waals surface area (Å²) in [6.45, 7) is 2.83. The third-order valence-corrected chi connectivity index (χ3v) is 4.12. The Morgan fingerprint density at radius 1 is 1.05 bits per heavy atom. The van der Waals surface area contributed by atoms with Gasteiger partial charge in [0.25, 0.3) is 5.91 Å². The summed E-state index contributed by atoms with van der Waals surface area (Å²) in [4.78, 5) is 20.4. The van der Waals surface area contributed by atoms with E-state index in [4.69, 9.17) is 23.2 Å². The summed E-state index contributed by atoms with van der Waals surface area (Å²) in [5.74, 6) is 0.0249. The van der Waals surface area contributed by atoms with Crippen LogP contribution in [0.15, 0.2) is 42.7 Å². The average molecular weight is 336 g/mol. The van der Waals surface area contributed by atoms with Crippen LogP contribution < -0.4 is 4.90 Å². The van der Waals surface area contributed by atoms with Gasteiger partial charge >= 0.3 is 0 Å². The van der Waals surface area contributed by atoms with Crippen molar-refractivity contribution in [1.82, 2.24) is 9.88 Å². The van der Waals surface area contributed by atoms with Crippen LogP contribution in [0.3, 0.4) is 0 Å². The van der Waals surface area contributed by atoms with Crippen LogP contribution in [-0.2, 0) is 0 Å². The largest absolute Gasteiger partial charge is 0.368 e. The molecule has 22 heavy (non-hydrogen) atoms. The van der Waals surface area contributed by atoms with E-state index in [9.17, 15) is 4.79 Å². The number of nitrogens with zero attached hydrogens (tertiary/aromatic N) is 3. The lowest BCUT2D eigenvalue weighted by atomic mass is 10.2. The number of benzene rings is 1. The van der Waals surface area contributed by atoms with Crippen molar-refractivity contribution < 1.29 is 4.79 Å². The van der Waals surface area contributed by atoms with Crippen LogP contribution >= 0.6 is 23.2 Å². The summed E-state index contributed by atoms with van der Waals surface area (Å²) in [5.41, 5.74) is 1.62. The minimum Gasteiger partial charge on any atom is -0.368 e. The van der Waals surface area contributed by atoms with Crippen LogP contribution in [0, 0.1) is 0 Å². The summed E-state index contributed by atoms with van der Waals surface area (Å²) < 4.78 is 0. The molecule has 0 saturated carbocycles. The molecule has 1 amide bonds. The molecule has 0 N–H and O–H groups in total. The minimum atomic E-state index is 0.0249. The molecule has 4 nitrogen and oxygen atoms in total. The fourth-order valence-electron chi connectivity index (χ4n) is 2.56. The number of aromatic nitrogens is 1. The number of pyridine rings is 1. The van der Waals surface area contributed by atoms with Crippen molar-refractivity contribution in [3.63, 3.8) is 0 Å². The number of hydrogen-bond donors (Lipinski definition) is 0. The maximum absolute atomic E-state index is 12.4. The number of anilines is 1. The van der Waals surface area contributed by atoms with E-state index in [-0.39, 0.29) is 5.91 Å². The second-order valence-corrected chi connectivity index (χ2v) is 6.02. The molecule has 0 radical (unpaired) electrons. The number of carbonyl (C=O) groups excluding carboxylic acids is 1. The SMILES string of the molecule is O=C(c1cccnc1)N1CCN(c2cc(Cl)cc(Cl)c2)CC1. The van der Waals surface area contributed by atoms with Gasteiger partial charge in [0.05, 0.1) is 5.56 Å². The fraction of sp³-hybridized carbons (Fsp3) is 0.250. The van der Waals surface area contributed by atoms with E-state index in [1.807, 2.05) is 17.0 Å². The molecule has 6 heteroatoms. The Morgan fingerprint density at radius 2 is 1.73 bits per heavy atom. The van der Waals surface area contributed by atoms with Crippen molar-refractivity contribution in [2.45, 2.75) is 0 Å². The van der Waals surface area contributed by atoms with E-state index in [0.717, 1.165) is 18.8 Å². The van der Waals surface area contributed by atoms with Gasteiger partial charge in [-0.3, -0.25) is 9.78 Å². The minimum absolute atomic E-state index is 0.0249. The van der Waals surface area contributed by atoms with Crippen LogP contribution in [0.2, 0.25) is 10.0 Å². The Bertz CT molecular complexity index is 650. The third kappa shape index (κ3) is 3.34. The number of carbonyl (C=O) groups is 1. The second-order valence-electron chi connectivity index (χ2n) is 5.15. The Kier molecular flexibility index (Phi) is 4.50. The normalized spacial score (nSPS) is 15.0. The van der Waals surface area contributed by atoms with E-state index in [1.165, 1.54) is 0 Å². The maximum atomic E-state index is 12.4. The van der Waals surface area contributed by atoms with Crippen molar-refractivity contribution in [2.24, 2.45) is 0 Å². The molecule has 2 heterocycles. The van der Waals surface area contributed by atoms with Crippen LogP contribution in [0.5, 0.6) is 0 Å². The first-order chi connectivity index (χ1) is 10.6. The number of rotatable bonds is 2. The summed E-state index contributed by atoms with van der Waals surface area (Å²) >= 11 is 12.1. The Morgan fingerprint density at radius 3 is 2.32 bits per heavy atom. The van der Waals surface area contributed by atoms with Gasteiger partial charge in [-0.2, -0.15) is 0 Å². The van der Waals surface area contributed by atoms with Gasteiger partial charge in [-0.1, -0.05) is 23.2 Å². The summed E-state index contributed by atoms with van der Waals surface area (Å²) in [7, 11) is 0. The molecule has 2 aromatic rings. The predicted molar refractivity (Wildman–Crippen MR) is 88.8 cm³/mol. The van der Waals surface area contributed by atoms with Gasteiger partial charge in [-0.25, -0.2) is 0 Å². The van der Waals surface area contributed by atoms with Gasteiger partial charge in [0.1, 0.15) is 0 Å². The lowest BCUT2D eigenvalue weighted by molar-refractivity contribution is 0.0746. The molecule has 1 saturated heterocycles. The van der Waals surface area contributed by atoms with Crippen molar-refractivity contribution in [3.05, 3.63) is 58.3 Å². The molecule has 1 aromatic heterocycles. The first-order valence-electron chi connectivity index (χ1n) is 7.04. The van der Waals surface area contributed by atoms with Gasteiger partial charge in [0, 0.05) is 54.3 Å². The molecule has 1 aromatic carbocycles. The zero-order valence-electron chi connectivity index (χ0n) is 11.9. The summed E-state index contributed by atoms with van der Waals surface area (Å²) in [5, 5.41) is 1.24. The van der Waals surface area contributed by atoms with E-state index >= 15 is 0 Å². The van der Waals surface area contributed by atoms with Gasteiger partial charge in [0.2, 0.25) is 0 Å². The van der Waals surface area contributed by atoms with Crippen LogP contribution in [-0.4, -0.2) is 42.0 Å². The molecule has 1 aliphatic heterocycles. The Labute approximate surface area is 139 Å². The van der Waals surface area contributed by atoms with Gasteiger partial charge < -0.3 is 9.80 Å². The number of halogens is 2. The van der Waals surface area contributed by atoms with Gasteiger partial charge in [-0.05, 0) is 30.3 Å². The second kappa shape index (κ2) is 6.55. The smallest absolute Gasteiger partial charge is 0.255 e. The molecule has 0 spiro atoms. The van der Waals surface area contributed by atoms with Crippen LogP contribution in [0.25, 0.3) is 0 Å². The highest BCUT2D eigenvalue weighted by Crippen LogP contribution is 2.26. The number of hydrogen-bond acceptors (Lipinski definition) is 3. The molecule has 0 unspecified atom stereocenters. The van der Waals surface area contributed by atoms with Crippen molar-refractivity contribution >= 4 is 34.8 Å². The average Bonchev–Trinajstić information content (AvgIpc) is 2.54. The quantitative estimate of drug-likeness (QED) is 0.844. The highest BCUT2D eigenvalue weighted by atomic mass is 35.5. The first-order valence-corrected chi connectivity index (χ1v) is 7.79. The molecule has 1 fully saturated rings. The molecule has 1 aliphatic rings. The molecule has 0 aliphatic carbocycles. The van der Waals surface area contributed by atoms with E-state index in [2.05, 4.69) is 9.88 Å². The van der Waals surface area contributed by atoms with E-state index < -0.39 is 0 Å². The molecular formula is C16H15Cl2N3O. The van der Waals surface area contributed by atoms with Gasteiger partial charge in [-0.15, -0.1) is 0 Å². The lowest BCUT2D eigenvalue weighted by Gasteiger charge is -2.36. The van der Waals surface area contributed by atoms with E-state index in [1.54, 1.807) is 30.6 Å². The number of amides is 1. The molecular weight excluding hydrogens is 321 g/mol. The van der Waals surface area contributed by atoms with Gasteiger partial charge in [0.15, 0.2) is 0 Å². The zero-order chi connectivity index (χ0) is 15.5. The Balaban J connectivity index is 1.66. The monoisotopic (exact) mass is 335 g/mol. The van der Waals surface area contributed by atoms with Crippen molar-refractivity contribution in [1.29, 1.82) is 0 Å². The zero-order valence-corrected chi connectivity index (χ0v) is 13.4. The molecule has 114 valence electrons.